The Morgan fingerprint density at radius 3 is 1.67 bits per heavy atom. The average molecular weight is 175 g/mol. The Hall–Kier alpha value is -0.0800. The summed E-state index contributed by atoms with van der Waals surface area (Å²) in [5.41, 5.74) is 0. The standard InChI is InChI=1S/C8H19NO.C2H6/c1-7(2)8(6-10-5)9(3)4;1-2/h7-8H,6H2,1-5H3;1-2H3. The smallest absolute Gasteiger partial charge is 0.0620 e. The molecule has 0 heterocycles. The summed E-state index contributed by atoms with van der Waals surface area (Å²) in [6, 6.07) is 0.546. The molecule has 0 bridgehead atoms. The van der Waals surface area contributed by atoms with Gasteiger partial charge in [-0.15, -0.1) is 0 Å². The Bertz CT molecular complexity index is 73.9. The van der Waals surface area contributed by atoms with E-state index in [0.717, 1.165) is 6.61 Å². The molecule has 0 aliphatic heterocycles. The maximum Gasteiger partial charge on any atom is 0.0620 e. The minimum absolute atomic E-state index is 0.546. The van der Waals surface area contributed by atoms with Crippen LogP contribution >= 0.6 is 0 Å². The summed E-state index contributed by atoms with van der Waals surface area (Å²) in [5.74, 6) is 0.662. The molecule has 0 spiro atoms. The lowest BCUT2D eigenvalue weighted by atomic mass is 10.0. The highest BCUT2D eigenvalue weighted by Crippen LogP contribution is 2.06. The third kappa shape index (κ3) is 6.62. The van der Waals surface area contributed by atoms with Crippen LogP contribution in [0.2, 0.25) is 0 Å². The summed E-state index contributed by atoms with van der Waals surface area (Å²) in [4.78, 5) is 2.20. The Morgan fingerprint density at radius 2 is 1.58 bits per heavy atom. The van der Waals surface area contributed by atoms with E-state index in [2.05, 4.69) is 32.8 Å². The molecule has 1 unspecified atom stereocenters. The fourth-order valence-electron chi connectivity index (χ4n) is 1.11. The first kappa shape index (κ1) is 14.4. The molecule has 2 heteroatoms. The van der Waals surface area contributed by atoms with Crippen LogP contribution in [0.5, 0.6) is 0 Å². The molecule has 2 nitrogen and oxygen atoms in total. The molecule has 0 aromatic carbocycles. The van der Waals surface area contributed by atoms with E-state index in [4.69, 9.17) is 4.74 Å². The highest BCUT2D eigenvalue weighted by molar-refractivity contribution is 4.68. The van der Waals surface area contributed by atoms with Gasteiger partial charge in [-0.05, 0) is 20.0 Å². The van der Waals surface area contributed by atoms with Crippen LogP contribution in [0.4, 0.5) is 0 Å². The Labute approximate surface area is 77.9 Å². The molecular weight excluding hydrogens is 150 g/mol. The Kier molecular flexibility index (Phi) is 10.8. The Balaban J connectivity index is 0. The number of methoxy groups -OCH3 is 1. The van der Waals surface area contributed by atoms with Crippen LogP contribution < -0.4 is 0 Å². The van der Waals surface area contributed by atoms with Crippen LogP contribution in [0.1, 0.15) is 27.7 Å². The Morgan fingerprint density at radius 1 is 1.17 bits per heavy atom. The van der Waals surface area contributed by atoms with Gasteiger partial charge in [0.1, 0.15) is 0 Å². The molecule has 0 N–H and O–H groups in total. The monoisotopic (exact) mass is 175 g/mol. The first-order valence-corrected chi connectivity index (χ1v) is 4.75. The average Bonchev–Trinajstić information content (AvgIpc) is 2.03. The number of nitrogens with zero attached hydrogens (tertiary/aromatic N) is 1. The van der Waals surface area contributed by atoms with Gasteiger partial charge in [-0.1, -0.05) is 27.7 Å². The second kappa shape index (κ2) is 9.01. The van der Waals surface area contributed by atoms with E-state index in [1.807, 2.05) is 13.8 Å². The highest BCUT2D eigenvalue weighted by atomic mass is 16.5. The summed E-state index contributed by atoms with van der Waals surface area (Å²) in [6.45, 7) is 9.25. The molecule has 0 amide bonds. The topological polar surface area (TPSA) is 12.5 Å². The van der Waals surface area contributed by atoms with E-state index in [1.54, 1.807) is 7.11 Å². The highest BCUT2D eigenvalue weighted by Gasteiger charge is 2.14. The second-order valence-corrected chi connectivity index (χ2v) is 3.23. The lowest BCUT2D eigenvalue weighted by Crippen LogP contribution is -2.36. The van der Waals surface area contributed by atoms with Crippen LogP contribution in [0.25, 0.3) is 0 Å². The van der Waals surface area contributed by atoms with Gasteiger partial charge >= 0.3 is 0 Å². The van der Waals surface area contributed by atoms with Gasteiger partial charge in [-0.25, -0.2) is 0 Å². The van der Waals surface area contributed by atoms with Crippen molar-refractivity contribution in [3.8, 4) is 0 Å². The van der Waals surface area contributed by atoms with Crippen LogP contribution in [-0.2, 0) is 4.74 Å². The molecular formula is C10H25NO. The van der Waals surface area contributed by atoms with E-state index < -0.39 is 0 Å². The van der Waals surface area contributed by atoms with Crippen molar-refractivity contribution in [3.05, 3.63) is 0 Å². The summed E-state index contributed by atoms with van der Waals surface area (Å²) >= 11 is 0. The van der Waals surface area contributed by atoms with Gasteiger partial charge in [0.05, 0.1) is 6.61 Å². The summed E-state index contributed by atoms with van der Waals surface area (Å²) in [6.07, 6.45) is 0. The quantitative estimate of drug-likeness (QED) is 0.650. The summed E-state index contributed by atoms with van der Waals surface area (Å²) < 4.78 is 5.08. The number of hydrogen-bond donors (Lipinski definition) is 0. The second-order valence-electron chi connectivity index (χ2n) is 3.23. The maximum atomic E-state index is 5.08. The summed E-state index contributed by atoms with van der Waals surface area (Å²) in [5, 5.41) is 0. The lowest BCUT2D eigenvalue weighted by molar-refractivity contribution is 0.0947. The van der Waals surface area contributed by atoms with Crippen molar-refractivity contribution in [2.45, 2.75) is 33.7 Å². The first-order valence-electron chi connectivity index (χ1n) is 4.75. The number of ether oxygens (including phenoxy) is 1. The van der Waals surface area contributed by atoms with Crippen molar-refractivity contribution in [1.29, 1.82) is 0 Å². The van der Waals surface area contributed by atoms with Crippen molar-refractivity contribution in [1.82, 2.24) is 4.90 Å². The lowest BCUT2D eigenvalue weighted by Gasteiger charge is -2.26. The molecule has 0 aromatic rings. The van der Waals surface area contributed by atoms with Crippen LogP contribution in [-0.4, -0.2) is 38.8 Å². The van der Waals surface area contributed by atoms with Crippen LogP contribution in [0.15, 0.2) is 0 Å². The van der Waals surface area contributed by atoms with E-state index in [9.17, 15) is 0 Å². The van der Waals surface area contributed by atoms with Crippen molar-refractivity contribution in [2.24, 2.45) is 5.92 Å². The molecule has 12 heavy (non-hydrogen) atoms. The fraction of sp³-hybridized carbons (Fsp3) is 1.00. The van der Waals surface area contributed by atoms with Crippen molar-refractivity contribution in [3.63, 3.8) is 0 Å². The molecule has 0 fully saturated rings. The number of rotatable bonds is 4. The minimum Gasteiger partial charge on any atom is -0.383 e. The molecule has 1 atom stereocenters. The zero-order chi connectivity index (χ0) is 10.1. The van der Waals surface area contributed by atoms with Crippen molar-refractivity contribution in [2.75, 3.05) is 27.8 Å². The van der Waals surface area contributed by atoms with E-state index in [-0.39, 0.29) is 0 Å². The van der Waals surface area contributed by atoms with Gasteiger partial charge < -0.3 is 9.64 Å². The van der Waals surface area contributed by atoms with Gasteiger partial charge in [0, 0.05) is 13.2 Å². The molecule has 0 aromatic heterocycles. The zero-order valence-electron chi connectivity index (χ0n) is 9.72. The third-order valence-corrected chi connectivity index (χ3v) is 1.77. The van der Waals surface area contributed by atoms with E-state index in [1.165, 1.54) is 0 Å². The van der Waals surface area contributed by atoms with Gasteiger partial charge in [0.2, 0.25) is 0 Å². The molecule has 0 rings (SSSR count). The van der Waals surface area contributed by atoms with Crippen LogP contribution in [0, 0.1) is 5.92 Å². The molecule has 0 saturated heterocycles. The van der Waals surface area contributed by atoms with Crippen molar-refractivity contribution >= 4 is 0 Å². The van der Waals surface area contributed by atoms with Gasteiger partial charge in [0.15, 0.2) is 0 Å². The van der Waals surface area contributed by atoms with Gasteiger partial charge in [-0.3, -0.25) is 0 Å². The molecule has 76 valence electrons. The van der Waals surface area contributed by atoms with Gasteiger partial charge in [0.25, 0.3) is 0 Å². The maximum absolute atomic E-state index is 5.08. The van der Waals surface area contributed by atoms with E-state index in [0.29, 0.717) is 12.0 Å². The number of hydrogen-bond acceptors (Lipinski definition) is 2. The minimum atomic E-state index is 0.546. The predicted octanol–water partition coefficient (Wildman–Crippen LogP) is 2.25. The largest absolute Gasteiger partial charge is 0.383 e. The van der Waals surface area contributed by atoms with Gasteiger partial charge in [-0.2, -0.15) is 0 Å². The fourth-order valence-corrected chi connectivity index (χ4v) is 1.11. The summed E-state index contributed by atoms with van der Waals surface area (Å²) in [7, 11) is 5.92. The zero-order valence-corrected chi connectivity index (χ0v) is 9.72. The SMILES string of the molecule is CC.COCC(C(C)C)N(C)C. The molecule has 0 aliphatic rings. The van der Waals surface area contributed by atoms with Crippen molar-refractivity contribution < 1.29 is 4.74 Å². The number of likely N-dealkylation sites (N-methyl/N-ethyl adjacent to an activating group) is 1. The molecule has 0 saturated carbocycles. The van der Waals surface area contributed by atoms with E-state index >= 15 is 0 Å². The first-order chi connectivity index (χ1) is 5.59. The van der Waals surface area contributed by atoms with Crippen LogP contribution in [0.3, 0.4) is 0 Å². The molecule has 0 aliphatic carbocycles. The predicted molar refractivity (Wildman–Crippen MR) is 55.5 cm³/mol. The molecule has 0 radical (unpaired) electrons. The third-order valence-electron chi connectivity index (χ3n) is 1.77. The normalized spacial score (nSPS) is 12.8.